The van der Waals surface area contributed by atoms with Crippen molar-refractivity contribution in [1.82, 2.24) is 0 Å². The fourth-order valence-electron chi connectivity index (χ4n) is 2.86. The minimum atomic E-state index is -1.06. The van der Waals surface area contributed by atoms with Gasteiger partial charge >= 0.3 is 18.3 Å². The maximum Gasteiger partial charge on any atom is 0.519 e. The molecule has 236 valence electrons. The van der Waals surface area contributed by atoms with Crippen LogP contribution in [0.1, 0.15) is 79.9 Å². The van der Waals surface area contributed by atoms with Crippen LogP contribution in [0.25, 0.3) is 0 Å². The monoisotopic (exact) mass is 629 g/mol. The number of benzene rings is 2. The van der Waals surface area contributed by atoms with Crippen molar-refractivity contribution in [3.05, 3.63) is 57.6 Å². The largest absolute Gasteiger partial charge is 0.519 e. The molecule has 0 aromatic heterocycles. The summed E-state index contributed by atoms with van der Waals surface area (Å²) < 4.78 is 19.0. The molecule has 0 heterocycles. The molecule has 2 aromatic rings. The molecule has 0 fully saturated rings. The number of nitrogens with two attached hydrogens (primary N) is 3. The van der Waals surface area contributed by atoms with Crippen LogP contribution in [0.2, 0.25) is 10.0 Å². The van der Waals surface area contributed by atoms with Gasteiger partial charge in [-0.3, -0.25) is 4.79 Å². The fourth-order valence-corrected chi connectivity index (χ4v) is 3.39. The highest BCUT2D eigenvalue weighted by Gasteiger charge is 2.24. The van der Waals surface area contributed by atoms with Crippen LogP contribution in [0.3, 0.4) is 0 Å². The standard InChI is InChI=1S/C13H18ClNO2.C10H18O5.C7H9ClN2/c1-13(2,3)17-12(16)8-7-9-10(14)5-4-6-11(9)15;1-9(2,3)14-7(11)13-8(12)15-10(4,5)6;8-6-2-1-3-7(10)5(6)4-9/h4-6H,7-8,15H2,1-3H3;1-6H3;1-3H,4,9-10H2. The van der Waals surface area contributed by atoms with E-state index < -0.39 is 29.1 Å². The Morgan fingerprint density at radius 3 is 1.36 bits per heavy atom. The molecule has 10 nitrogen and oxygen atoms in total. The lowest BCUT2D eigenvalue weighted by atomic mass is 10.1. The third-order valence-electron chi connectivity index (χ3n) is 4.46. The number of nitrogen functional groups attached to an aromatic ring is 2. The Morgan fingerprint density at radius 2 is 1.05 bits per heavy atom. The SMILES string of the molecule is CC(C)(C)OC(=O)CCc1c(N)cccc1Cl.CC(C)(C)OC(=O)OC(=O)OC(C)(C)C.NCc1c(N)cccc1Cl. The van der Waals surface area contributed by atoms with Gasteiger partial charge in [0.15, 0.2) is 0 Å². The number of rotatable bonds is 4. The molecule has 42 heavy (non-hydrogen) atoms. The lowest BCUT2D eigenvalue weighted by Gasteiger charge is -2.20. The molecule has 0 spiro atoms. The number of anilines is 2. The molecule has 2 aromatic carbocycles. The van der Waals surface area contributed by atoms with Gasteiger partial charge in [0.2, 0.25) is 0 Å². The Morgan fingerprint density at radius 1 is 0.667 bits per heavy atom. The first-order chi connectivity index (χ1) is 19.0. The molecule has 0 unspecified atom stereocenters. The van der Waals surface area contributed by atoms with E-state index >= 15 is 0 Å². The summed E-state index contributed by atoms with van der Waals surface area (Å²) >= 11 is 11.8. The third kappa shape index (κ3) is 18.3. The molecule has 0 saturated carbocycles. The normalized spacial score (nSPS) is 11.1. The summed E-state index contributed by atoms with van der Waals surface area (Å²) in [6.45, 7) is 15.9. The molecule has 0 amide bonds. The van der Waals surface area contributed by atoms with Crippen LogP contribution in [0.15, 0.2) is 36.4 Å². The molecule has 12 heteroatoms. The van der Waals surface area contributed by atoms with Crippen LogP contribution in [0, 0.1) is 0 Å². The second kappa shape index (κ2) is 17.0. The van der Waals surface area contributed by atoms with Gasteiger partial charge in [0.1, 0.15) is 16.8 Å². The van der Waals surface area contributed by atoms with Gasteiger partial charge in [-0.2, -0.15) is 0 Å². The average molecular weight is 631 g/mol. The van der Waals surface area contributed by atoms with Gasteiger partial charge < -0.3 is 36.1 Å². The van der Waals surface area contributed by atoms with Gasteiger partial charge in [-0.1, -0.05) is 35.3 Å². The van der Waals surface area contributed by atoms with E-state index in [1.165, 1.54) is 0 Å². The van der Waals surface area contributed by atoms with E-state index in [0.717, 1.165) is 11.1 Å². The van der Waals surface area contributed by atoms with Crippen molar-refractivity contribution in [3.63, 3.8) is 0 Å². The molecule has 0 bridgehead atoms. The highest BCUT2D eigenvalue weighted by atomic mass is 35.5. The van der Waals surface area contributed by atoms with Crippen LogP contribution in [0.5, 0.6) is 0 Å². The van der Waals surface area contributed by atoms with E-state index in [2.05, 4.69) is 4.74 Å². The topological polar surface area (TPSA) is 166 Å². The molecule has 6 N–H and O–H groups in total. The fraction of sp³-hybridized carbons (Fsp3) is 0.500. The van der Waals surface area contributed by atoms with Crippen molar-refractivity contribution in [2.24, 2.45) is 5.73 Å². The second-order valence-corrected chi connectivity index (χ2v) is 12.8. The first-order valence-electron chi connectivity index (χ1n) is 13.2. The summed E-state index contributed by atoms with van der Waals surface area (Å²) in [5.74, 6) is -0.239. The van der Waals surface area contributed by atoms with Crippen LogP contribution in [0.4, 0.5) is 21.0 Å². The van der Waals surface area contributed by atoms with Crippen LogP contribution < -0.4 is 17.2 Å². The number of carbonyl (C=O) groups excluding carboxylic acids is 3. The summed E-state index contributed by atoms with van der Waals surface area (Å²) in [5.41, 5.74) is 17.8. The maximum atomic E-state index is 11.5. The number of hydrogen-bond acceptors (Lipinski definition) is 10. The zero-order valence-electron chi connectivity index (χ0n) is 25.9. The van der Waals surface area contributed by atoms with Crippen molar-refractivity contribution in [2.75, 3.05) is 11.5 Å². The van der Waals surface area contributed by atoms with Crippen molar-refractivity contribution >= 4 is 52.9 Å². The van der Waals surface area contributed by atoms with Gasteiger partial charge in [0, 0.05) is 39.9 Å². The number of esters is 1. The minimum absolute atomic E-state index is 0.239. The van der Waals surface area contributed by atoms with Crippen molar-refractivity contribution in [3.8, 4) is 0 Å². The molecule has 0 aliphatic carbocycles. The zero-order chi connectivity index (χ0) is 32.9. The summed E-state index contributed by atoms with van der Waals surface area (Å²) in [5, 5.41) is 1.23. The Balaban J connectivity index is 0.000000620. The van der Waals surface area contributed by atoms with Gasteiger partial charge in [0.25, 0.3) is 0 Å². The molecule has 0 aliphatic rings. The van der Waals surface area contributed by atoms with E-state index in [1.54, 1.807) is 77.9 Å². The minimum Gasteiger partial charge on any atom is -0.460 e. The molecule has 0 saturated heterocycles. The maximum absolute atomic E-state index is 11.5. The number of halogens is 2. The van der Waals surface area contributed by atoms with Crippen LogP contribution >= 0.6 is 23.2 Å². The van der Waals surface area contributed by atoms with E-state index in [-0.39, 0.29) is 12.4 Å². The highest BCUT2D eigenvalue weighted by Crippen LogP contribution is 2.24. The van der Waals surface area contributed by atoms with Crippen molar-refractivity contribution in [1.29, 1.82) is 0 Å². The van der Waals surface area contributed by atoms with Crippen LogP contribution in [-0.4, -0.2) is 35.1 Å². The van der Waals surface area contributed by atoms with E-state index in [0.29, 0.717) is 34.4 Å². The second-order valence-electron chi connectivity index (χ2n) is 11.9. The molecule has 0 aliphatic heterocycles. The number of hydrogen-bond donors (Lipinski definition) is 3. The lowest BCUT2D eigenvalue weighted by Crippen LogP contribution is -2.29. The summed E-state index contributed by atoms with van der Waals surface area (Å²) in [4.78, 5) is 33.6. The smallest absolute Gasteiger partial charge is 0.460 e. The Hall–Kier alpha value is -3.21. The van der Waals surface area contributed by atoms with Gasteiger partial charge in [-0.05, 0) is 98.6 Å². The van der Waals surface area contributed by atoms with E-state index in [9.17, 15) is 14.4 Å². The quantitative estimate of drug-likeness (QED) is 0.134. The Kier molecular flexibility index (Phi) is 15.7. The van der Waals surface area contributed by atoms with Gasteiger partial charge in [-0.25, -0.2) is 9.59 Å². The predicted molar refractivity (Wildman–Crippen MR) is 167 cm³/mol. The predicted octanol–water partition coefficient (Wildman–Crippen LogP) is 7.45. The Labute approximate surface area is 259 Å². The lowest BCUT2D eigenvalue weighted by molar-refractivity contribution is -0.154. The van der Waals surface area contributed by atoms with E-state index in [1.807, 2.05) is 20.8 Å². The van der Waals surface area contributed by atoms with Gasteiger partial charge in [0.05, 0.1) is 0 Å². The van der Waals surface area contributed by atoms with Crippen molar-refractivity contribution < 1.29 is 33.3 Å². The molecule has 2 rings (SSSR count). The average Bonchev–Trinajstić information content (AvgIpc) is 2.76. The molecule has 0 radical (unpaired) electrons. The van der Waals surface area contributed by atoms with Crippen LogP contribution in [-0.2, 0) is 36.7 Å². The molecular formula is C30H45Cl2N3O7. The Bertz CT molecular complexity index is 1120. The highest BCUT2D eigenvalue weighted by molar-refractivity contribution is 6.32. The first-order valence-corrected chi connectivity index (χ1v) is 13.9. The molecule has 0 atom stereocenters. The zero-order valence-corrected chi connectivity index (χ0v) is 27.4. The number of ether oxygens (including phenoxy) is 4. The summed E-state index contributed by atoms with van der Waals surface area (Å²) in [6.07, 6.45) is -1.33. The number of carbonyl (C=O) groups is 3. The van der Waals surface area contributed by atoms with E-state index in [4.69, 9.17) is 54.6 Å². The van der Waals surface area contributed by atoms with Gasteiger partial charge in [-0.15, -0.1) is 0 Å². The third-order valence-corrected chi connectivity index (χ3v) is 5.17. The summed E-state index contributed by atoms with van der Waals surface area (Å²) in [6, 6.07) is 10.7. The van der Waals surface area contributed by atoms with Crippen molar-refractivity contribution in [2.45, 2.75) is 98.5 Å². The first kappa shape index (κ1) is 38.8. The summed E-state index contributed by atoms with van der Waals surface area (Å²) in [7, 11) is 0. The molecular weight excluding hydrogens is 585 g/mol.